The van der Waals surface area contributed by atoms with Gasteiger partial charge in [-0.1, -0.05) is 42.2 Å². The molecule has 2 aromatic carbocycles. The van der Waals surface area contributed by atoms with Gasteiger partial charge in [0.15, 0.2) is 5.78 Å². The number of benzene rings is 2. The summed E-state index contributed by atoms with van der Waals surface area (Å²) in [5.74, 6) is 4.81. The molecule has 4 heteroatoms. The number of fused-ring (bicyclic) bond motifs is 1. The number of rotatable bonds is 2. The fourth-order valence-electron chi connectivity index (χ4n) is 2.30. The minimum absolute atomic E-state index is 0.184. The Kier molecular flexibility index (Phi) is 4.03. The fraction of sp³-hybridized carbons (Fsp3) is 0.0526. The van der Waals surface area contributed by atoms with E-state index in [1.807, 2.05) is 0 Å². The molecule has 0 aromatic heterocycles. The van der Waals surface area contributed by atoms with Gasteiger partial charge in [-0.15, -0.1) is 0 Å². The van der Waals surface area contributed by atoms with Gasteiger partial charge in [0.2, 0.25) is 5.78 Å². The van der Waals surface area contributed by atoms with Crippen molar-refractivity contribution in [1.29, 1.82) is 0 Å². The maximum absolute atomic E-state index is 13.0. The second-order valence-corrected chi connectivity index (χ2v) is 4.96. The average Bonchev–Trinajstić information content (AvgIpc) is 2.56. The van der Waals surface area contributed by atoms with E-state index in [0.717, 1.165) is 0 Å². The van der Waals surface area contributed by atoms with Crippen molar-refractivity contribution in [3.8, 4) is 11.8 Å². The summed E-state index contributed by atoms with van der Waals surface area (Å²) < 4.78 is 13.0. The maximum atomic E-state index is 13.0. The smallest absolute Gasteiger partial charge is 0.209 e. The van der Waals surface area contributed by atoms with Crippen molar-refractivity contribution in [2.75, 3.05) is 6.54 Å². The molecule has 1 aliphatic rings. The molecule has 2 aromatic rings. The lowest BCUT2D eigenvalue weighted by Crippen LogP contribution is -2.27. The largest absolute Gasteiger partial charge is 0.371 e. The molecule has 0 atom stereocenters. The number of Topliss-reactive ketones (excluding diaryl/α,β-unsaturated/α-hetero) is 1. The minimum Gasteiger partial charge on any atom is -0.371 e. The third-order valence-electron chi connectivity index (χ3n) is 3.38. The molecule has 0 bridgehead atoms. The molecule has 0 unspecified atom stereocenters. The number of allylic oxidation sites excluding steroid dienone is 2. The Morgan fingerprint density at radius 1 is 1.00 bits per heavy atom. The van der Waals surface area contributed by atoms with Crippen LogP contribution in [0.2, 0.25) is 0 Å². The van der Waals surface area contributed by atoms with Crippen molar-refractivity contribution in [2.45, 2.75) is 0 Å². The van der Waals surface area contributed by atoms with Gasteiger partial charge in [-0.05, 0) is 18.2 Å². The molecular formula is C19H12FNO2. The first-order valence-corrected chi connectivity index (χ1v) is 7.03. The monoisotopic (exact) mass is 305 g/mol. The number of halogens is 1. The SMILES string of the molecule is O=C1C=C(NCC#Cc2cccc(F)c2)C(=O)c2ccccc21. The van der Waals surface area contributed by atoms with Crippen LogP contribution in [0.1, 0.15) is 26.3 Å². The van der Waals surface area contributed by atoms with Crippen LogP contribution in [0.4, 0.5) is 4.39 Å². The van der Waals surface area contributed by atoms with Crippen LogP contribution in [-0.2, 0) is 0 Å². The molecule has 0 saturated carbocycles. The third kappa shape index (κ3) is 3.19. The lowest BCUT2D eigenvalue weighted by atomic mass is 9.93. The lowest BCUT2D eigenvalue weighted by molar-refractivity contribution is 0.0979. The summed E-state index contributed by atoms with van der Waals surface area (Å²) in [5.41, 5.74) is 1.58. The maximum Gasteiger partial charge on any atom is 0.209 e. The lowest BCUT2D eigenvalue weighted by Gasteiger charge is -2.14. The topological polar surface area (TPSA) is 46.2 Å². The van der Waals surface area contributed by atoms with Gasteiger partial charge in [0.05, 0.1) is 12.2 Å². The summed E-state index contributed by atoms with van der Waals surface area (Å²) in [6, 6.07) is 12.7. The molecule has 0 saturated heterocycles. The number of carbonyl (C=O) groups is 2. The Balaban J connectivity index is 1.70. The van der Waals surface area contributed by atoms with Crippen LogP contribution in [0, 0.1) is 17.7 Å². The van der Waals surface area contributed by atoms with E-state index in [1.54, 1.807) is 36.4 Å². The van der Waals surface area contributed by atoms with E-state index in [0.29, 0.717) is 16.7 Å². The standard InChI is InChI=1S/C19H12FNO2/c20-14-7-3-5-13(11-14)6-4-10-21-17-12-18(22)15-8-1-2-9-16(15)19(17)23/h1-3,5,7-9,11-12,21H,10H2. The van der Waals surface area contributed by atoms with E-state index in [4.69, 9.17) is 0 Å². The minimum atomic E-state index is -0.350. The summed E-state index contributed by atoms with van der Waals surface area (Å²) in [5, 5.41) is 2.85. The van der Waals surface area contributed by atoms with E-state index in [1.165, 1.54) is 18.2 Å². The number of hydrogen-bond acceptors (Lipinski definition) is 3. The normalized spacial score (nSPS) is 12.8. The number of carbonyl (C=O) groups excluding carboxylic acids is 2. The number of nitrogens with one attached hydrogen (secondary N) is 1. The summed E-state index contributed by atoms with van der Waals surface area (Å²) >= 11 is 0. The zero-order valence-corrected chi connectivity index (χ0v) is 12.1. The third-order valence-corrected chi connectivity index (χ3v) is 3.38. The predicted octanol–water partition coefficient (Wildman–Crippen LogP) is 2.73. The van der Waals surface area contributed by atoms with Crippen LogP contribution in [0.15, 0.2) is 60.3 Å². The van der Waals surface area contributed by atoms with Crippen molar-refractivity contribution in [3.63, 3.8) is 0 Å². The summed E-state index contributed by atoms with van der Waals surface area (Å²) in [6.07, 6.45) is 1.29. The van der Waals surface area contributed by atoms with Crippen LogP contribution in [-0.4, -0.2) is 18.1 Å². The van der Waals surface area contributed by atoms with E-state index in [2.05, 4.69) is 17.2 Å². The van der Waals surface area contributed by atoms with E-state index in [9.17, 15) is 14.0 Å². The summed E-state index contributed by atoms with van der Waals surface area (Å²) in [4.78, 5) is 24.3. The van der Waals surface area contributed by atoms with Gasteiger partial charge in [0.25, 0.3) is 0 Å². The second kappa shape index (κ2) is 6.29. The van der Waals surface area contributed by atoms with E-state index in [-0.39, 0.29) is 29.6 Å². The molecule has 0 radical (unpaired) electrons. The van der Waals surface area contributed by atoms with Gasteiger partial charge in [-0.2, -0.15) is 0 Å². The van der Waals surface area contributed by atoms with Crippen molar-refractivity contribution >= 4 is 11.6 Å². The van der Waals surface area contributed by atoms with Gasteiger partial charge >= 0.3 is 0 Å². The number of hydrogen-bond donors (Lipinski definition) is 1. The van der Waals surface area contributed by atoms with Crippen LogP contribution in [0.3, 0.4) is 0 Å². The van der Waals surface area contributed by atoms with Crippen LogP contribution in [0.25, 0.3) is 0 Å². The zero-order valence-electron chi connectivity index (χ0n) is 12.1. The zero-order chi connectivity index (χ0) is 16.2. The van der Waals surface area contributed by atoms with Gasteiger partial charge in [-0.3, -0.25) is 9.59 Å². The van der Waals surface area contributed by atoms with Crippen molar-refractivity contribution < 1.29 is 14.0 Å². The van der Waals surface area contributed by atoms with Crippen LogP contribution >= 0.6 is 0 Å². The van der Waals surface area contributed by atoms with Crippen LogP contribution < -0.4 is 5.32 Å². The molecule has 23 heavy (non-hydrogen) atoms. The molecule has 0 heterocycles. The fourth-order valence-corrected chi connectivity index (χ4v) is 2.30. The van der Waals surface area contributed by atoms with Gasteiger partial charge < -0.3 is 5.32 Å². The predicted molar refractivity (Wildman–Crippen MR) is 84.5 cm³/mol. The van der Waals surface area contributed by atoms with Crippen molar-refractivity contribution in [2.24, 2.45) is 0 Å². The molecular weight excluding hydrogens is 293 g/mol. The molecule has 3 rings (SSSR count). The van der Waals surface area contributed by atoms with Crippen molar-refractivity contribution in [3.05, 3.63) is 82.8 Å². The average molecular weight is 305 g/mol. The number of ketones is 2. The highest BCUT2D eigenvalue weighted by molar-refractivity contribution is 6.24. The highest BCUT2D eigenvalue weighted by atomic mass is 19.1. The highest BCUT2D eigenvalue weighted by Gasteiger charge is 2.24. The molecule has 0 aliphatic heterocycles. The first-order chi connectivity index (χ1) is 11.1. The molecule has 1 aliphatic carbocycles. The quantitative estimate of drug-likeness (QED) is 0.868. The van der Waals surface area contributed by atoms with Gasteiger partial charge in [0.1, 0.15) is 5.82 Å². The summed E-state index contributed by atoms with van der Waals surface area (Å²) in [7, 11) is 0. The Morgan fingerprint density at radius 2 is 1.78 bits per heavy atom. The summed E-state index contributed by atoms with van der Waals surface area (Å²) in [6.45, 7) is 0.184. The molecule has 0 spiro atoms. The van der Waals surface area contributed by atoms with Crippen LogP contribution in [0.5, 0.6) is 0 Å². The second-order valence-electron chi connectivity index (χ2n) is 4.96. The Hall–Kier alpha value is -3.19. The molecule has 0 fully saturated rings. The van der Waals surface area contributed by atoms with E-state index >= 15 is 0 Å². The highest BCUT2D eigenvalue weighted by Crippen LogP contribution is 2.19. The Labute approximate surface area is 132 Å². The van der Waals surface area contributed by atoms with Crippen molar-refractivity contribution in [1.82, 2.24) is 5.32 Å². The Bertz CT molecular complexity index is 887. The first-order valence-electron chi connectivity index (χ1n) is 7.03. The molecule has 0 amide bonds. The Morgan fingerprint density at radius 3 is 2.57 bits per heavy atom. The van der Waals surface area contributed by atoms with Gasteiger partial charge in [-0.25, -0.2) is 4.39 Å². The molecule has 3 nitrogen and oxygen atoms in total. The van der Waals surface area contributed by atoms with E-state index < -0.39 is 0 Å². The van der Waals surface area contributed by atoms with Gasteiger partial charge in [0, 0.05) is 22.8 Å². The molecule has 1 N–H and O–H groups in total. The first kappa shape index (κ1) is 14.7. The molecule has 112 valence electrons.